The van der Waals surface area contributed by atoms with Gasteiger partial charge in [-0.25, -0.2) is 8.78 Å². The van der Waals surface area contributed by atoms with Gasteiger partial charge in [0.2, 0.25) is 0 Å². The Bertz CT molecular complexity index is 357. The second-order valence-corrected chi connectivity index (χ2v) is 5.53. The van der Waals surface area contributed by atoms with Crippen LogP contribution in [0.5, 0.6) is 0 Å². The molecule has 1 unspecified atom stereocenters. The fourth-order valence-electron chi connectivity index (χ4n) is 2.21. The molecule has 1 aromatic rings. The normalized spacial score (nSPS) is 12.9. The topological polar surface area (TPSA) is 12.0 Å². The molecule has 1 rings (SSSR count). The lowest BCUT2D eigenvalue weighted by molar-refractivity contribution is 0.443. The van der Waals surface area contributed by atoms with Crippen molar-refractivity contribution in [2.24, 2.45) is 5.92 Å². The molecule has 1 atom stereocenters. The molecule has 108 valence electrons. The Hall–Kier alpha value is -0.960. The SMILES string of the molecule is CCCNC(CCCC(C)C)c1cc(F)cc(F)c1. The summed E-state index contributed by atoms with van der Waals surface area (Å²) < 4.78 is 26.6. The van der Waals surface area contributed by atoms with Crippen molar-refractivity contribution in [2.45, 2.75) is 52.5 Å². The Labute approximate surface area is 115 Å². The van der Waals surface area contributed by atoms with Crippen LogP contribution in [-0.2, 0) is 0 Å². The summed E-state index contributed by atoms with van der Waals surface area (Å²) in [4.78, 5) is 0. The predicted molar refractivity (Wildman–Crippen MR) is 76.1 cm³/mol. The molecule has 1 aromatic carbocycles. The molecule has 0 aliphatic carbocycles. The molecule has 0 spiro atoms. The average Bonchev–Trinajstić information content (AvgIpc) is 2.31. The largest absolute Gasteiger partial charge is 0.310 e. The van der Waals surface area contributed by atoms with Gasteiger partial charge in [-0.15, -0.1) is 0 Å². The van der Waals surface area contributed by atoms with Crippen LogP contribution >= 0.6 is 0 Å². The third-order valence-corrected chi connectivity index (χ3v) is 3.20. The minimum Gasteiger partial charge on any atom is -0.310 e. The number of benzene rings is 1. The van der Waals surface area contributed by atoms with Gasteiger partial charge in [-0.3, -0.25) is 0 Å². The van der Waals surface area contributed by atoms with Crippen LogP contribution in [-0.4, -0.2) is 6.54 Å². The fraction of sp³-hybridized carbons (Fsp3) is 0.625. The van der Waals surface area contributed by atoms with E-state index >= 15 is 0 Å². The minimum atomic E-state index is -0.498. The van der Waals surface area contributed by atoms with E-state index in [1.165, 1.54) is 12.1 Å². The summed E-state index contributed by atoms with van der Waals surface area (Å²) in [5.74, 6) is -0.333. The van der Waals surface area contributed by atoms with Crippen molar-refractivity contribution in [1.82, 2.24) is 5.32 Å². The van der Waals surface area contributed by atoms with E-state index in [2.05, 4.69) is 26.1 Å². The zero-order valence-electron chi connectivity index (χ0n) is 12.2. The van der Waals surface area contributed by atoms with Crippen LogP contribution in [0, 0.1) is 17.6 Å². The van der Waals surface area contributed by atoms with Gasteiger partial charge in [0.1, 0.15) is 11.6 Å². The predicted octanol–water partition coefficient (Wildman–Crippen LogP) is 4.83. The van der Waals surface area contributed by atoms with Crippen LogP contribution in [0.1, 0.15) is 58.1 Å². The van der Waals surface area contributed by atoms with Gasteiger partial charge >= 0.3 is 0 Å². The standard InChI is InChI=1S/C16H25F2N/c1-4-8-19-16(7-5-6-12(2)3)13-9-14(17)11-15(18)10-13/h9-12,16,19H,4-8H2,1-3H3. The fourth-order valence-corrected chi connectivity index (χ4v) is 2.21. The van der Waals surface area contributed by atoms with E-state index < -0.39 is 11.6 Å². The molecule has 0 saturated carbocycles. The molecule has 0 aliphatic heterocycles. The summed E-state index contributed by atoms with van der Waals surface area (Å²) >= 11 is 0. The van der Waals surface area contributed by atoms with Crippen molar-refractivity contribution in [2.75, 3.05) is 6.54 Å². The molecule has 19 heavy (non-hydrogen) atoms. The van der Waals surface area contributed by atoms with E-state index in [1.807, 2.05) is 0 Å². The molecule has 0 aromatic heterocycles. The zero-order valence-corrected chi connectivity index (χ0v) is 12.2. The Kier molecular flexibility index (Phi) is 7.00. The molecule has 0 fully saturated rings. The molecule has 0 heterocycles. The summed E-state index contributed by atoms with van der Waals surface area (Å²) in [5.41, 5.74) is 0.717. The van der Waals surface area contributed by atoms with Crippen LogP contribution in [0.3, 0.4) is 0 Å². The van der Waals surface area contributed by atoms with Crippen molar-refractivity contribution in [3.05, 3.63) is 35.4 Å². The highest BCUT2D eigenvalue weighted by molar-refractivity contribution is 5.21. The molecule has 0 radical (unpaired) electrons. The van der Waals surface area contributed by atoms with Crippen LogP contribution < -0.4 is 5.32 Å². The highest BCUT2D eigenvalue weighted by atomic mass is 19.1. The highest BCUT2D eigenvalue weighted by Crippen LogP contribution is 2.22. The number of nitrogens with one attached hydrogen (secondary N) is 1. The second-order valence-electron chi connectivity index (χ2n) is 5.53. The van der Waals surface area contributed by atoms with Crippen LogP contribution in [0.2, 0.25) is 0 Å². The number of rotatable bonds is 8. The molecule has 3 heteroatoms. The first-order chi connectivity index (χ1) is 9.02. The number of hydrogen-bond donors (Lipinski definition) is 1. The van der Waals surface area contributed by atoms with Crippen molar-refractivity contribution >= 4 is 0 Å². The van der Waals surface area contributed by atoms with E-state index in [4.69, 9.17) is 0 Å². The molecule has 0 saturated heterocycles. The quantitative estimate of drug-likeness (QED) is 0.712. The first-order valence-corrected chi connectivity index (χ1v) is 7.22. The van der Waals surface area contributed by atoms with E-state index in [0.29, 0.717) is 5.92 Å². The molecule has 1 nitrogen and oxygen atoms in total. The lowest BCUT2D eigenvalue weighted by atomic mass is 9.97. The zero-order chi connectivity index (χ0) is 14.3. The first kappa shape index (κ1) is 16.1. The molecule has 0 amide bonds. The van der Waals surface area contributed by atoms with Gasteiger partial charge in [0.05, 0.1) is 0 Å². The highest BCUT2D eigenvalue weighted by Gasteiger charge is 2.13. The number of hydrogen-bond acceptors (Lipinski definition) is 1. The van der Waals surface area contributed by atoms with E-state index in [9.17, 15) is 8.78 Å². The van der Waals surface area contributed by atoms with Gasteiger partial charge in [0, 0.05) is 12.1 Å². The van der Waals surface area contributed by atoms with Crippen molar-refractivity contribution in [1.29, 1.82) is 0 Å². The van der Waals surface area contributed by atoms with Gasteiger partial charge in [-0.1, -0.05) is 33.6 Å². The Morgan fingerprint density at radius 2 is 1.68 bits per heavy atom. The molecule has 0 aliphatic rings. The Morgan fingerprint density at radius 1 is 1.05 bits per heavy atom. The van der Waals surface area contributed by atoms with Gasteiger partial charge in [0.25, 0.3) is 0 Å². The summed E-state index contributed by atoms with van der Waals surface area (Å²) in [6.45, 7) is 7.33. The van der Waals surface area contributed by atoms with Crippen LogP contribution in [0.15, 0.2) is 18.2 Å². The lowest BCUT2D eigenvalue weighted by Gasteiger charge is -2.19. The molecule has 0 bridgehead atoms. The van der Waals surface area contributed by atoms with Crippen molar-refractivity contribution in [3.8, 4) is 0 Å². The first-order valence-electron chi connectivity index (χ1n) is 7.22. The third kappa shape index (κ3) is 6.15. The average molecular weight is 269 g/mol. The molecular weight excluding hydrogens is 244 g/mol. The van der Waals surface area contributed by atoms with Gasteiger partial charge in [-0.2, -0.15) is 0 Å². The maximum absolute atomic E-state index is 13.3. The van der Waals surface area contributed by atoms with Crippen LogP contribution in [0.4, 0.5) is 8.78 Å². The van der Waals surface area contributed by atoms with Gasteiger partial charge < -0.3 is 5.32 Å². The summed E-state index contributed by atoms with van der Waals surface area (Å²) in [7, 11) is 0. The van der Waals surface area contributed by atoms with Crippen molar-refractivity contribution in [3.63, 3.8) is 0 Å². The summed E-state index contributed by atoms with van der Waals surface area (Å²) in [6, 6.07) is 3.84. The van der Waals surface area contributed by atoms with E-state index in [1.54, 1.807) is 0 Å². The summed E-state index contributed by atoms with van der Waals surface area (Å²) in [5, 5.41) is 3.38. The Balaban J connectivity index is 2.71. The smallest absolute Gasteiger partial charge is 0.126 e. The van der Waals surface area contributed by atoms with Crippen molar-refractivity contribution < 1.29 is 8.78 Å². The maximum Gasteiger partial charge on any atom is 0.126 e. The lowest BCUT2D eigenvalue weighted by Crippen LogP contribution is -2.22. The second kappa shape index (κ2) is 8.26. The summed E-state index contributed by atoms with van der Waals surface area (Å²) in [6.07, 6.45) is 4.14. The van der Waals surface area contributed by atoms with Gasteiger partial charge in [-0.05, 0) is 43.0 Å². The minimum absolute atomic E-state index is 0.0453. The maximum atomic E-state index is 13.3. The van der Waals surface area contributed by atoms with E-state index in [-0.39, 0.29) is 6.04 Å². The molecule has 1 N–H and O–H groups in total. The number of halogens is 2. The Morgan fingerprint density at radius 3 is 2.21 bits per heavy atom. The monoisotopic (exact) mass is 269 g/mol. The van der Waals surface area contributed by atoms with E-state index in [0.717, 1.165) is 43.9 Å². The third-order valence-electron chi connectivity index (χ3n) is 3.20. The van der Waals surface area contributed by atoms with Gasteiger partial charge in [0.15, 0.2) is 0 Å². The molecular formula is C16H25F2N. The van der Waals surface area contributed by atoms with Crippen LogP contribution in [0.25, 0.3) is 0 Å².